The summed E-state index contributed by atoms with van der Waals surface area (Å²) in [6, 6.07) is 10.2. The van der Waals surface area contributed by atoms with Crippen LogP contribution in [0.4, 0.5) is 0 Å². The maximum Gasteiger partial charge on any atom is 0.245 e. The van der Waals surface area contributed by atoms with Crippen molar-refractivity contribution >= 4 is 5.91 Å². The van der Waals surface area contributed by atoms with Gasteiger partial charge in [-0.3, -0.25) is 4.79 Å². The molecule has 1 aliphatic heterocycles. The lowest BCUT2D eigenvalue weighted by atomic mass is 10.0. The van der Waals surface area contributed by atoms with Crippen LogP contribution >= 0.6 is 0 Å². The van der Waals surface area contributed by atoms with E-state index >= 15 is 0 Å². The monoisotopic (exact) mass is 286 g/mol. The number of likely N-dealkylation sites (N-methyl/N-ethyl adjacent to an activating group) is 1. The first-order chi connectivity index (χ1) is 10.2. The first-order valence-electron chi connectivity index (χ1n) is 6.98. The summed E-state index contributed by atoms with van der Waals surface area (Å²) in [7, 11) is 2.08. The van der Waals surface area contributed by atoms with Crippen molar-refractivity contribution in [3.63, 3.8) is 0 Å². The smallest absolute Gasteiger partial charge is 0.245 e. The Morgan fingerprint density at radius 1 is 1.29 bits per heavy atom. The van der Waals surface area contributed by atoms with Crippen molar-refractivity contribution in [1.82, 2.24) is 30.0 Å². The number of benzene rings is 1. The highest BCUT2D eigenvalue weighted by Crippen LogP contribution is 2.25. The molecule has 1 aromatic heterocycles. The second kappa shape index (κ2) is 6.01. The summed E-state index contributed by atoms with van der Waals surface area (Å²) in [4.78, 5) is 16.7. The molecule has 0 saturated carbocycles. The quantitative estimate of drug-likeness (QED) is 0.805. The van der Waals surface area contributed by atoms with Gasteiger partial charge in [0.1, 0.15) is 12.9 Å². The van der Waals surface area contributed by atoms with Crippen molar-refractivity contribution in [3.05, 3.63) is 42.2 Å². The van der Waals surface area contributed by atoms with Gasteiger partial charge in [0.15, 0.2) is 0 Å². The maximum absolute atomic E-state index is 12.5. The summed E-state index contributed by atoms with van der Waals surface area (Å²) in [5.74, 6) is 0.0456. The molecule has 110 valence electrons. The van der Waals surface area contributed by atoms with E-state index in [-0.39, 0.29) is 18.5 Å². The van der Waals surface area contributed by atoms with Crippen molar-refractivity contribution in [3.8, 4) is 0 Å². The van der Waals surface area contributed by atoms with Gasteiger partial charge in [-0.2, -0.15) is 0 Å². The number of amides is 1. The number of carbonyl (C=O) groups is 1. The summed E-state index contributed by atoms with van der Waals surface area (Å²) in [5, 5.41) is 10.9. The first-order valence-corrected chi connectivity index (χ1v) is 6.98. The Labute approximate surface area is 123 Å². The zero-order chi connectivity index (χ0) is 14.7. The van der Waals surface area contributed by atoms with Gasteiger partial charge in [-0.05, 0) is 23.0 Å². The number of hydrogen-bond acceptors (Lipinski definition) is 5. The predicted molar refractivity (Wildman–Crippen MR) is 76.2 cm³/mol. The van der Waals surface area contributed by atoms with Crippen molar-refractivity contribution < 1.29 is 4.79 Å². The Bertz CT molecular complexity index is 585. The molecule has 1 fully saturated rings. The van der Waals surface area contributed by atoms with Crippen LogP contribution in [0.25, 0.3) is 0 Å². The number of hydrogen-bond donors (Lipinski definition) is 0. The van der Waals surface area contributed by atoms with E-state index in [0.717, 1.165) is 25.2 Å². The van der Waals surface area contributed by atoms with Crippen LogP contribution in [0.15, 0.2) is 36.7 Å². The second-order valence-corrected chi connectivity index (χ2v) is 5.28. The molecule has 1 aliphatic rings. The van der Waals surface area contributed by atoms with Crippen LogP contribution in [0.5, 0.6) is 0 Å². The molecule has 0 spiro atoms. The molecule has 21 heavy (non-hydrogen) atoms. The van der Waals surface area contributed by atoms with Gasteiger partial charge in [-0.15, -0.1) is 5.10 Å². The highest BCUT2D eigenvalue weighted by atomic mass is 16.2. The Kier molecular flexibility index (Phi) is 3.92. The van der Waals surface area contributed by atoms with Crippen LogP contribution < -0.4 is 0 Å². The Morgan fingerprint density at radius 2 is 2.10 bits per heavy atom. The largest absolute Gasteiger partial charge is 0.331 e. The summed E-state index contributed by atoms with van der Waals surface area (Å²) in [6.07, 6.45) is 1.46. The highest BCUT2D eigenvalue weighted by Gasteiger charge is 2.30. The number of nitrogens with zero attached hydrogens (tertiary/aromatic N) is 6. The van der Waals surface area contributed by atoms with Gasteiger partial charge in [0.2, 0.25) is 5.91 Å². The third kappa shape index (κ3) is 3.08. The van der Waals surface area contributed by atoms with Gasteiger partial charge in [0, 0.05) is 19.6 Å². The van der Waals surface area contributed by atoms with E-state index in [1.54, 1.807) is 0 Å². The Hall–Kier alpha value is -2.28. The second-order valence-electron chi connectivity index (χ2n) is 5.28. The zero-order valence-electron chi connectivity index (χ0n) is 12.0. The molecule has 1 atom stereocenters. The van der Waals surface area contributed by atoms with Crippen LogP contribution in [-0.4, -0.2) is 62.6 Å². The molecule has 2 aromatic rings. The van der Waals surface area contributed by atoms with E-state index in [1.807, 2.05) is 23.1 Å². The number of carbonyl (C=O) groups excluding carboxylic acids is 1. The molecule has 7 nitrogen and oxygen atoms in total. The van der Waals surface area contributed by atoms with E-state index in [2.05, 4.69) is 39.6 Å². The Morgan fingerprint density at radius 3 is 2.81 bits per heavy atom. The van der Waals surface area contributed by atoms with Crippen molar-refractivity contribution in [2.45, 2.75) is 12.6 Å². The minimum atomic E-state index is 0.0456. The number of piperazine rings is 1. The lowest BCUT2D eigenvalue weighted by Crippen LogP contribution is -2.50. The fourth-order valence-electron chi connectivity index (χ4n) is 2.66. The first kappa shape index (κ1) is 13.7. The fourth-order valence-corrected chi connectivity index (χ4v) is 2.66. The molecule has 1 aromatic carbocycles. The normalized spacial score (nSPS) is 19.7. The van der Waals surface area contributed by atoms with Crippen molar-refractivity contribution in [2.24, 2.45) is 0 Å². The van der Waals surface area contributed by atoms with Gasteiger partial charge in [-0.1, -0.05) is 30.3 Å². The maximum atomic E-state index is 12.5. The molecule has 1 saturated heterocycles. The average molecular weight is 286 g/mol. The van der Waals surface area contributed by atoms with E-state index in [0.29, 0.717) is 0 Å². The minimum Gasteiger partial charge on any atom is -0.331 e. The van der Waals surface area contributed by atoms with Crippen LogP contribution in [-0.2, 0) is 11.3 Å². The van der Waals surface area contributed by atoms with E-state index in [1.165, 1.54) is 11.0 Å². The molecule has 0 aliphatic carbocycles. The van der Waals surface area contributed by atoms with Gasteiger partial charge >= 0.3 is 0 Å². The van der Waals surface area contributed by atoms with Gasteiger partial charge in [0.25, 0.3) is 0 Å². The number of rotatable bonds is 3. The van der Waals surface area contributed by atoms with Crippen LogP contribution in [0, 0.1) is 0 Å². The third-order valence-corrected chi connectivity index (χ3v) is 3.78. The summed E-state index contributed by atoms with van der Waals surface area (Å²) in [5.41, 5.74) is 1.16. The average Bonchev–Trinajstić information content (AvgIpc) is 3.01. The topological polar surface area (TPSA) is 67.2 Å². The molecule has 0 bridgehead atoms. The molecular weight excluding hydrogens is 268 g/mol. The van der Waals surface area contributed by atoms with Gasteiger partial charge < -0.3 is 9.80 Å². The standard InChI is InChI=1S/C14H18N6O/c1-18-7-8-20(14(21)10-19-11-15-16-17-19)13(9-18)12-5-3-2-4-6-12/h2-6,11,13H,7-10H2,1H3/t13-/m1/s1. The number of aromatic nitrogens is 4. The molecule has 7 heteroatoms. The summed E-state index contributed by atoms with van der Waals surface area (Å²) in [6.45, 7) is 2.62. The van der Waals surface area contributed by atoms with Crippen LogP contribution in [0.2, 0.25) is 0 Å². The van der Waals surface area contributed by atoms with Gasteiger partial charge in [-0.25, -0.2) is 4.68 Å². The Balaban J connectivity index is 1.79. The summed E-state index contributed by atoms with van der Waals surface area (Å²) < 4.78 is 1.46. The molecule has 1 amide bonds. The molecule has 3 rings (SSSR count). The molecule has 0 N–H and O–H groups in total. The summed E-state index contributed by atoms with van der Waals surface area (Å²) >= 11 is 0. The van der Waals surface area contributed by atoms with E-state index in [4.69, 9.17) is 0 Å². The molecule has 2 heterocycles. The van der Waals surface area contributed by atoms with Crippen molar-refractivity contribution in [2.75, 3.05) is 26.7 Å². The van der Waals surface area contributed by atoms with E-state index in [9.17, 15) is 4.79 Å². The van der Waals surface area contributed by atoms with Crippen LogP contribution in [0.1, 0.15) is 11.6 Å². The van der Waals surface area contributed by atoms with Crippen LogP contribution in [0.3, 0.4) is 0 Å². The van der Waals surface area contributed by atoms with Crippen molar-refractivity contribution in [1.29, 1.82) is 0 Å². The predicted octanol–water partition coefficient (Wildman–Crippen LogP) is 0.188. The third-order valence-electron chi connectivity index (χ3n) is 3.78. The molecular formula is C14H18N6O. The number of tetrazole rings is 1. The zero-order valence-corrected chi connectivity index (χ0v) is 12.0. The lowest BCUT2D eigenvalue weighted by Gasteiger charge is -2.40. The van der Waals surface area contributed by atoms with Gasteiger partial charge in [0.05, 0.1) is 6.04 Å². The van der Waals surface area contributed by atoms with E-state index < -0.39 is 0 Å². The fraction of sp³-hybridized carbons (Fsp3) is 0.429. The SMILES string of the molecule is CN1CCN(C(=O)Cn2cnnn2)[C@@H](c2ccccc2)C1. The minimum absolute atomic E-state index is 0.0456. The lowest BCUT2D eigenvalue weighted by molar-refractivity contribution is -0.137. The molecule has 0 radical (unpaired) electrons. The molecule has 0 unspecified atom stereocenters. The highest BCUT2D eigenvalue weighted by molar-refractivity contribution is 5.76.